The van der Waals surface area contributed by atoms with E-state index in [1.54, 1.807) is 0 Å². The van der Waals surface area contributed by atoms with E-state index in [4.69, 9.17) is 9.98 Å². The molecule has 0 bridgehead atoms. The summed E-state index contributed by atoms with van der Waals surface area (Å²) in [6.07, 6.45) is -0.278. The number of nitrogens with one attached hydrogen (secondary N) is 1. The molecule has 0 spiro atoms. The molecule has 8 aromatic carbocycles. The molecule has 0 amide bonds. The van der Waals surface area contributed by atoms with Gasteiger partial charge in [-0.05, 0) is 62.8 Å². The van der Waals surface area contributed by atoms with Crippen LogP contribution in [0.2, 0.25) is 0 Å². The lowest BCUT2D eigenvalue weighted by atomic mass is 10.0. The van der Waals surface area contributed by atoms with Crippen LogP contribution in [0.3, 0.4) is 0 Å². The van der Waals surface area contributed by atoms with Gasteiger partial charge in [-0.25, -0.2) is 9.98 Å². The number of hydrogen-bond acceptors (Lipinski definition) is 3. The zero-order chi connectivity index (χ0) is 32.3. The minimum atomic E-state index is -0.278. The normalized spacial score (nSPS) is 14.7. The van der Waals surface area contributed by atoms with Crippen LogP contribution in [-0.4, -0.2) is 16.2 Å². The second-order valence-electron chi connectivity index (χ2n) is 12.7. The second kappa shape index (κ2) is 11.0. The molecule has 4 nitrogen and oxygen atoms in total. The molecule has 0 radical (unpaired) electrons. The minimum Gasteiger partial charge on any atom is -0.344 e. The van der Waals surface area contributed by atoms with Crippen molar-refractivity contribution in [2.24, 2.45) is 9.98 Å². The van der Waals surface area contributed by atoms with Crippen LogP contribution in [0.1, 0.15) is 22.9 Å². The van der Waals surface area contributed by atoms with E-state index in [0.717, 1.165) is 39.0 Å². The molecule has 1 unspecified atom stereocenters. The van der Waals surface area contributed by atoms with Crippen LogP contribution in [0.4, 0.5) is 0 Å². The summed E-state index contributed by atoms with van der Waals surface area (Å²) in [5.41, 5.74) is 6.64. The van der Waals surface area contributed by atoms with Crippen molar-refractivity contribution in [3.63, 3.8) is 0 Å². The van der Waals surface area contributed by atoms with Crippen LogP contribution < -0.4 is 5.32 Å². The first kappa shape index (κ1) is 27.6. The summed E-state index contributed by atoms with van der Waals surface area (Å²) < 4.78 is 2.42. The fraction of sp³-hybridized carbons (Fsp3) is 0.0222. The van der Waals surface area contributed by atoms with Crippen LogP contribution >= 0.6 is 0 Å². The molecular weight excluding hydrogens is 597 g/mol. The molecule has 1 aliphatic rings. The van der Waals surface area contributed by atoms with Crippen LogP contribution in [0.5, 0.6) is 0 Å². The highest BCUT2D eigenvalue weighted by atomic mass is 15.2. The molecule has 9 aromatic rings. The number of aromatic nitrogens is 1. The number of para-hydroxylation sites is 1. The average molecular weight is 627 g/mol. The van der Waals surface area contributed by atoms with Gasteiger partial charge >= 0.3 is 0 Å². The average Bonchev–Trinajstić information content (AvgIpc) is 3.49. The topological polar surface area (TPSA) is 41.7 Å². The maximum absolute atomic E-state index is 5.25. The van der Waals surface area contributed by atoms with Gasteiger partial charge in [0.1, 0.15) is 12.0 Å². The summed E-state index contributed by atoms with van der Waals surface area (Å²) in [4.78, 5) is 10.5. The van der Waals surface area contributed by atoms with Gasteiger partial charge in [-0.1, -0.05) is 140 Å². The number of benzene rings is 8. The quantitative estimate of drug-likeness (QED) is 0.207. The lowest BCUT2D eigenvalue weighted by Crippen LogP contribution is -2.33. The van der Waals surface area contributed by atoms with Crippen molar-refractivity contribution in [2.45, 2.75) is 6.17 Å². The summed E-state index contributed by atoms with van der Waals surface area (Å²) in [6.45, 7) is 0. The first-order valence-electron chi connectivity index (χ1n) is 16.7. The highest BCUT2D eigenvalue weighted by molar-refractivity contribution is 6.19. The first-order valence-corrected chi connectivity index (χ1v) is 16.7. The van der Waals surface area contributed by atoms with Crippen molar-refractivity contribution in [1.82, 2.24) is 9.88 Å². The smallest absolute Gasteiger partial charge is 0.160 e. The van der Waals surface area contributed by atoms with Crippen molar-refractivity contribution >= 4 is 65.8 Å². The van der Waals surface area contributed by atoms with Gasteiger partial charge in [0.25, 0.3) is 0 Å². The lowest BCUT2D eigenvalue weighted by Gasteiger charge is -2.24. The van der Waals surface area contributed by atoms with Crippen molar-refractivity contribution in [2.75, 3.05) is 0 Å². The number of rotatable bonds is 4. The molecule has 1 atom stereocenters. The Morgan fingerprint density at radius 2 is 1.14 bits per heavy atom. The third kappa shape index (κ3) is 4.53. The Morgan fingerprint density at radius 3 is 2.00 bits per heavy atom. The van der Waals surface area contributed by atoms with Gasteiger partial charge < -0.3 is 9.88 Å². The molecule has 1 N–H and O–H groups in total. The van der Waals surface area contributed by atoms with Crippen LogP contribution in [-0.2, 0) is 0 Å². The SMILES string of the molecule is c1ccc(C2N=C(c3cccc4c(-n5c6ccccc6c6cc7ccccc7cc65)cccc34)N=C(c3ccc4ccccc4c3)N2)cc1. The molecule has 0 fully saturated rings. The Morgan fingerprint density at radius 1 is 0.469 bits per heavy atom. The standard InChI is InChI=1S/C45H30N4/c1-2-13-30(14-3-1)43-46-44(34-25-24-29-12-4-5-15-31(29)26-34)48-45(47-43)38-21-10-20-36-35(38)19-11-23-41(36)49-40-22-9-8-18-37(40)39-27-32-16-6-7-17-33(32)28-42(39)49/h1-28,43H,(H,46,47,48). The van der Waals surface area contributed by atoms with E-state index in [0.29, 0.717) is 5.84 Å². The Balaban J connectivity index is 1.19. The van der Waals surface area contributed by atoms with Crippen molar-refractivity contribution in [1.29, 1.82) is 0 Å². The first-order chi connectivity index (χ1) is 24.3. The second-order valence-corrected chi connectivity index (χ2v) is 12.7. The predicted octanol–water partition coefficient (Wildman–Crippen LogP) is 10.7. The lowest BCUT2D eigenvalue weighted by molar-refractivity contribution is 0.674. The minimum absolute atomic E-state index is 0.278. The molecule has 1 aliphatic heterocycles. The van der Waals surface area contributed by atoms with Gasteiger partial charge in [0.2, 0.25) is 0 Å². The fourth-order valence-corrected chi connectivity index (χ4v) is 7.46. The molecule has 0 saturated heterocycles. The van der Waals surface area contributed by atoms with Crippen LogP contribution in [0, 0.1) is 0 Å². The predicted molar refractivity (Wildman–Crippen MR) is 205 cm³/mol. The molecule has 49 heavy (non-hydrogen) atoms. The summed E-state index contributed by atoms with van der Waals surface area (Å²) >= 11 is 0. The summed E-state index contributed by atoms with van der Waals surface area (Å²) in [7, 11) is 0. The van der Waals surface area contributed by atoms with Crippen molar-refractivity contribution in [3.8, 4) is 5.69 Å². The summed E-state index contributed by atoms with van der Waals surface area (Å²) in [5.74, 6) is 1.53. The third-order valence-corrected chi connectivity index (χ3v) is 9.80. The van der Waals surface area contributed by atoms with Gasteiger partial charge in [0.05, 0.1) is 16.7 Å². The highest BCUT2D eigenvalue weighted by Crippen LogP contribution is 2.37. The van der Waals surface area contributed by atoms with Gasteiger partial charge in [-0.2, -0.15) is 0 Å². The Bertz CT molecular complexity index is 2810. The Labute approximate surface area is 283 Å². The molecule has 0 saturated carbocycles. The zero-order valence-corrected chi connectivity index (χ0v) is 26.6. The summed E-state index contributed by atoms with van der Waals surface area (Å²) in [5, 5.41) is 13.3. The maximum Gasteiger partial charge on any atom is 0.160 e. The van der Waals surface area contributed by atoms with Gasteiger partial charge in [0, 0.05) is 27.3 Å². The van der Waals surface area contributed by atoms with Crippen molar-refractivity contribution in [3.05, 3.63) is 187 Å². The van der Waals surface area contributed by atoms with Gasteiger partial charge in [-0.15, -0.1) is 0 Å². The van der Waals surface area contributed by atoms with E-state index >= 15 is 0 Å². The molecule has 2 heterocycles. The van der Waals surface area contributed by atoms with E-state index in [2.05, 4.69) is 174 Å². The molecule has 1 aromatic heterocycles. The number of aliphatic imine (C=N–C) groups is 2. The number of amidine groups is 2. The third-order valence-electron chi connectivity index (χ3n) is 9.80. The van der Waals surface area contributed by atoms with Crippen LogP contribution in [0.25, 0.3) is 59.8 Å². The largest absolute Gasteiger partial charge is 0.344 e. The molecule has 10 rings (SSSR count). The van der Waals surface area contributed by atoms with E-state index < -0.39 is 0 Å². The number of nitrogens with zero attached hydrogens (tertiary/aromatic N) is 3. The van der Waals surface area contributed by atoms with E-state index in [-0.39, 0.29) is 6.17 Å². The Hall–Kier alpha value is -6.52. The van der Waals surface area contributed by atoms with E-state index in [1.807, 2.05) is 6.07 Å². The molecule has 0 aliphatic carbocycles. The number of hydrogen-bond donors (Lipinski definition) is 1. The van der Waals surface area contributed by atoms with E-state index in [9.17, 15) is 0 Å². The number of fused-ring (bicyclic) bond motifs is 6. The molecule has 230 valence electrons. The van der Waals surface area contributed by atoms with Crippen LogP contribution in [0.15, 0.2) is 180 Å². The van der Waals surface area contributed by atoms with Gasteiger partial charge in [0.15, 0.2) is 5.84 Å². The monoisotopic (exact) mass is 626 g/mol. The van der Waals surface area contributed by atoms with Gasteiger partial charge in [-0.3, -0.25) is 0 Å². The fourth-order valence-electron chi connectivity index (χ4n) is 7.46. The maximum atomic E-state index is 5.25. The van der Waals surface area contributed by atoms with Crippen molar-refractivity contribution < 1.29 is 0 Å². The summed E-state index contributed by atoms with van der Waals surface area (Å²) in [6, 6.07) is 60.5. The molecular formula is C45H30N4. The van der Waals surface area contributed by atoms with E-state index in [1.165, 1.54) is 43.4 Å². The zero-order valence-electron chi connectivity index (χ0n) is 26.6. The highest BCUT2D eigenvalue weighted by Gasteiger charge is 2.23. The Kier molecular flexibility index (Phi) is 6.21. The molecule has 4 heteroatoms.